The minimum atomic E-state index is -0.131. The molecule has 0 bridgehead atoms. The Kier molecular flexibility index (Phi) is 6.00. The quantitative estimate of drug-likeness (QED) is 0.821. The highest BCUT2D eigenvalue weighted by atomic mass is 35.5. The van der Waals surface area contributed by atoms with Crippen LogP contribution in [-0.2, 0) is 5.41 Å². The van der Waals surface area contributed by atoms with E-state index in [0.717, 1.165) is 25.0 Å². The van der Waals surface area contributed by atoms with E-state index in [2.05, 4.69) is 38.0 Å². The minimum Gasteiger partial charge on any atom is -0.350 e. The first-order chi connectivity index (χ1) is 9.24. The normalized spacial score (nSPS) is 13.1. The monoisotopic (exact) mass is 296 g/mol. The number of hydrogen-bond acceptors (Lipinski definition) is 2. The zero-order valence-electron chi connectivity index (χ0n) is 13.1. The maximum absolute atomic E-state index is 12.3. The summed E-state index contributed by atoms with van der Waals surface area (Å²) in [6.45, 7) is 10.3. The molecule has 1 unspecified atom stereocenters. The van der Waals surface area contributed by atoms with Crippen molar-refractivity contribution in [2.24, 2.45) is 0 Å². The van der Waals surface area contributed by atoms with E-state index in [1.54, 1.807) is 6.07 Å². The molecular weight excluding hydrogens is 272 g/mol. The molecule has 1 amide bonds. The first kappa shape index (κ1) is 17.0. The van der Waals surface area contributed by atoms with Crippen molar-refractivity contribution >= 4 is 17.5 Å². The number of rotatable bonds is 5. The molecule has 0 aliphatic carbocycles. The van der Waals surface area contributed by atoms with E-state index in [-0.39, 0.29) is 17.4 Å². The largest absolute Gasteiger partial charge is 0.350 e. The maximum atomic E-state index is 12.3. The molecule has 0 spiro atoms. The fourth-order valence-electron chi connectivity index (χ4n) is 1.90. The molecule has 0 saturated carbocycles. The zero-order valence-corrected chi connectivity index (χ0v) is 13.8. The number of nitrogens with one attached hydrogen (secondary N) is 1. The van der Waals surface area contributed by atoms with Gasteiger partial charge in [-0.25, -0.2) is 4.98 Å². The van der Waals surface area contributed by atoms with Gasteiger partial charge in [0.2, 0.25) is 0 Å². The summed E-state index contributed by atoms with van der Waals surface area (Å²) in [6.07, 6.45) is 3.24. The molecule has 0 radical (unpaired) electrons. The number of aromatic nitrogens is 1. The lowest BCUT2D eigenvalue weighted by Crippen LogP contribution is -2.32. The topological polar surface area (TPSA) is 42.0 Å². The molecule has 1 heterocycles. The summed E-state index contributed by atoms with van der Waals surface area (Å²) in [5.74, 6) is -0.0802. The molecule has 0 aliphatic heterocycles. The third-order valence-corrected chi connectivity index (χ3v) is 3.39. The van der Waals surface area contributed by atoms with Gasteiger partial charge in [0, 0.05) is 22.7 Å². The summed E-state index contributed by atoms with van der Waals surface area (Å²) in [4.78, 5) is 16.6. The molecule has 112 valence electrons. The predicted molar refractivity (Wildman–Crippen MR) is 84.4 cm³/mol. The van der Waals surface area contributed by atoms with Crippen molar-refractivity contribution in [3.05, 3.63) is 28.5 Å². The van der Waals surface area contributed by atoms with Crippen LogP contribution >= 0.6 is 11.6 Å². The summed E-state index contributed by atoms with van der Waals surface area (Å²) < 4.78 is 0. The second-order valence-corrected chi connectivity index (χ2v) is 6.72. The summed E-state index contributed by atoms with van der Waals surface area (Å²) >= 11 is 6.03. The SMILES string of the molecule is CCCCC(C)NC(=O)c1cc(Cl)nc(C(C)(C)C)c1. The molecule has 1 N–H and O–H groups in total. The Labute approximate surface area is 127 Å². The average Bonchev–Trinajstić information content (AvgIpc) is 2.34. The molecule has 20 heavy (non-hydrogen) atoms. The Balaban J connectivity index is 2.85. The van der Waals surface area contributed by atoms with Crippen molar-refractivity contribution in [3.63, 3.8) is 0 Å². The first-order valence-electron chi connectivity index (χ1n) is 7.23. The van der Waals surface area contributed by atoms with Gasteiger partial charge in [0.25, 0.3) is 5.91 Å². The lowest BCUT2D eigenvalue weighted by atomic mass is 9.91. The van der Waals surface area contributed by atoms with Crippen LogP contribution < -0.4 is 5.32 Å². The van der Waals surface area contributed by atoms with Gasteiger partial charge in [0.1, 0.15) is 5.15 Å². The van der Waals surface area contributed by atoms with E-state index < -0.39 is 0 Å². The molecule has 1 aromatic heterocycles. The number of hydrogen-bond donors (Lipinski definition) is 1. The summed E-state index contributed by atoms with van der Waals surface area (Å²) in [5.41, 5.74) is 1.28. The van der Waals surface area contributed by atoms with Gasteiger partial charge in [0.05, 0.1) is 0 Å². The maximum Gasteiger partial charge on any atom is 0.251 e. The van der Waals surface area contributed by atoms with Crippen molar-refractivity contribution < 1.29 is 4.79 Å². The average molecular weight is 297 g/mol. The van der Waals surface area contributed by atoms with Crippen molar-refractivity contribution in [1.82, 2.24) is 10.3 Å². The molecule has 1 aromatic rings. The number of unbranched alkanes of at least 4 members (excludes halogenated alkanes) is 1. The lowest BCUT2D eigenvalue weighted by molar-refractivity contribution is 0.0937. The predicted octanol–water partition coefficient (Wildman–Crippen LogP) is 4.34. The lowest BCUT2D eigenvalue weighted by Gasteiger charge is -2.19. The summed E-state index contributed by atoms with van der Waals surface area (Å²) in [7, 11) is 0. The van der Waals surface area contributed by atoms with Crippen molar-refractivity contribution in [2.45, 2.75) is 65.3 Å². The van der Waals surface area contributed by atoms with Crippen molar-refractivity contribution in [1.29, 1.82) is 0 Å². The van der Waals surface area contributed by atoms with Gasteiger partial charge in [-0.3, -0.25) is 4.79 Å². The molecule has 1 atom stereocenters. The van der Waals surface area contributed by atoms with E-state index >= 15 is 0 Å². The molecular formula is C16H25ClN2O. The first-order valence-corrected chi connectivity index (χ1v) is 7.60. The van der Waals surface area contributed by atoms with E-state index in [9.17, 15) is 4.79 Å². The van der Waals surface area contributed by atoms with Crippen LogP contribution in [0.15, 0.2) is 12.1 Å². The van der Waals surface area contributed by atoms with Gasteiger partial charge in [-0.1, -0.05) is 52.1 Å². The minimum absolute atomic E-state index is 0.0802. The summed E-state index contributed by atoms with van der Waals surface area (Å²) in [5, 5.41) is 3.38. The fourth-order valence-corrected chi connectivity index (χ4v) is 2.11. The Morgan fingerprint density at radius 3 is 2.60 bits per heavy atom. The Bertz CT molecular complexity index is 466. The third-order valence-electron chi connectivity index (χ3n) is 3.19. The standard InChI is InChI=1S/C16H25ClN2O/c1-6-7-8-11(2)18-15(20)12-9-13(16(3,4)5)19-14(17)10-12/h9-11H,6-8H2,1-5H3,(H,18,20). The number of pyridine rings is 1. The Hall–Kier alpha value is -1.09. The number of carbonyl (C=O) groups is 1. The van der Waals surface area contributed by atoms with E-state index in [1.165, 1.54) is 0 Å². The molecule has 4 heteroatoms. The molecule has 1 rings (SSSR count). The van der Waals surface area contributed by atoms with Gasteiger partial charge >= 0.3 is 0 Å². The van der Waals surface area contributed by atoms with Crippen molar-refractivity contribution in [2.75, 3.05) is 0 Å². The van der Waals surface area contributed by atoms with Crippen LogP contribution in [0, 0.1) is 0 Å². The van der Waals surface area contributed by atoms with E-state index in [0.29, 0.717) is 10.7 Å². The second-order valence-electron chi connectivity index (χ2n) is 6.33. The summed E-state index contributed by atoms with van der Waals surface area (Å²) in [6, 6.07) is 3.62. The second kappa shape index (κ2) is 7.07. The van der Waals surface area contributed by atoms with Crippen LogP contribution in [0.4, 0.5) is 0 Å². The molecule has 0 aromatic carbocycles. The molecule has 0 aliphatic rings. The van der Waals surface area contributed by atoms with Crippen molar-refractivity contribution in [3.8, 4) is 0 Å². The number of amides is 1. The number of nitrogens with zero attached hydrogens (tertiary/aromatic N) is 1. The highest BCUT2D eigenvalue weighted by Crippen LogP contribution is 2.23. The smallest absolute Gasteiger partial charge is 0.251 e. The fraction of sp³-hybridized carbons (Fsp3) is 0.625. The van der Waals surface area contributed by atoms with Crippen LogP contribution in [0.25, 0.3) is 0 Å². The molecule has 0 saturated heterocycles. The van der Waals surface area contributed by atoms with Gasteiger partial charge in [-0.05, 0) is 25.5 Å². The van der Waals surface area contributed by atoms with Gasteiger partial charge in [0.15, 0.2) is 0 Å². The van der Waals surface area contributed by atoms with E-state index in [4.69, 9.17) is 11.6 Å². The van der Waals surface area contributed by atoms with Crippen LogP contribution in [0.3, 0.4) is 0 Å². The van der Waals surface area contributed by atoms with Gasteiger partial charge < -0.3 is 5.32 Å². The van der Waals surface area contributed by atoms with Crippen LogP contribution in [0.5, 0.6) is 0 Å². The zero-order chi connectivity index (χ0) is 15.3. The Morgan fingerprint density at radius 2 is 2.05 bits per heavy atom. The van der Waals surface area contributed by atoms with Gasteiger partial charge in [-0.2, -0.15) is 0 Å². The Morgan fingerprint density at radius 1 is 1.40 bits per heavy atom. The third kappa shape index (κ3) is 5.12. The van der Waals surface area contributed by atoms with E-state index in [1.807, 2.05) is 13.0 Å². The van der Waals surface area contributed by atoms with Crippen LogP contribution in [0.1, 0.15) is 69.9 Å². The number of halogens is 1. The molecule has 0 fully saturated rings. The highest BCUT2D eigenvalue weighted by Gasteiger charge is 2.19. The molecule has 3 nitrogen and oxygen atoms in total. The highest BCUT2D eigenvalue weighted by molar-refractivity contribution is 6.29. The van der Waals surface area contributed by atoms with Gasteiger partial charge in [-0.15, -0.1) is 0 Å². The van der Waals surface area contributed by atoms with Crippen LogP contribution in [0.2, 0.25) is 5.15 Å². The number of carbonyl (C=O) groups excluding carboxylic acids is 1. The van der Waals surface area contributed by atoms with Crippen LogP contribution in [-0.4, -0.2) is 16.9 Å².